The fourth-order valence-electron chi connectivity index (χ4n) is 5.81. The van der Waals surface area contributed by atoms with Crippen LogP contribution in [0.4, 0.5) is 0 Å². The number of esters is 2. The molecule has 5 N–H and O–H groups in total. The number of allylic oxidation sites excluding steroid dienone is 10. The highest BCUT2D eigenvalue weighted by molar-refractivity contribution is 7.47. The minimum absolute atomic E-state index is 0.0473. The van der Waals surface area contributed by atoms with Crippen molar-refractivity contribution in [3.8, 4) is 0 Å². The molecule has 350 valence electrons. The van der Waals surface area contributed by atoms with E-state index in [1.807, 2.05) is 36.5 Å². The molecule has 0 aromatic rings. The highest BCUT2D eigenvalue weighted by Crippen LogP contribution is 2.43. The number of aliphatic hydroxyl groups excluding tert-OH is 1. The first kappa shape index (κ1) is 57.9. The molecule has 0 aliphatic rings. The average Bonchev–Trinajstić information content (AvgIpc) is 3.23. The normalized spacial score (nSPS) is 14.8. The highest BCUT2D eigenvalue weighted by Gasteiger charge is 2.28. The summed E-state index contributed by atoms with van der Waals surface area (Å²) in [5.41, 5.74) is 5.33. The SMILES string of the molecule is CCCCC/C=C\C=C/[C@H](O)C/C=C\C/C=C/CCCC(=O)O[C@H](COC(=O)CCCCCCCCCCC/C=C\C/C=C\CCCCC)COP(=O)(O)OC[C@H](N)C(=O)O. The van der Waals surface area contributed by atoms with Crippen molar-refractivity contribution in [2.24, 2.45) is 5.73 Å². The second-order valence-corrected chi connectivity index (χ2v) is 16.8. The van der Waals surface area contributed by atoms with E-state index in [-0.39, 0.29) is 12.8 Å². The van der Waals surface area contributed by atoms with E-state index in [9.17, 15) is 28.9 Å². The fourth-order valence-corrected chi connectivity index (χ4v) is 6.59. The lowest BCUT2D eigenvalue weighted by Gasteiger charge is -2.20. The quantitative estimate of drug-likeness (QED) is 0.0149. The number of ether oxygens (including phenoxy) is 2. The number of carbonyl (C=O) groups excluding carboxylic acids is 2. The number of aliphatic hydroxyl groups is 1. The van der Waals surface area contributed by atoms with Crippen molar-refractivity contribution < 1.29 is 52.6 Å². The second kappa shape index (κ2) is 42.2. The van der Waals surface area contributed by atoms with Gasteiger partial charge in [0.1, 0.15) is 12.6 Å². The standard InChI is InChI=1S/C48H82NO11P/c1-3-5-7-9-11-12-13-14-15-16-17-18-19-20-21-22-26-30-34-38-46(51)57-40-44(41-58-61(55,56)59-42-45(49)48(53)54)60-47(52)39-35-31-27-23-25-29-33-37-43(50)36-32-28-24-10-8-6-4-2/h11-12,14-15,23-24,27-29,32-33,36,43-45,50H,3-10,13,16-22,25-26,30-31,34-35,37-42,49H2,1-2H3,(H,53,54)(H,55,56)/b12-11-,15-14-,27-23+,28-24-,33-29-,36-32-/t43-,44+,45-/m0/s1. The molecule has 0 saturated heterocycles. The van der Waals surface area contributed by atoms with Crippen LogP contribution in [0.5, 0.6) is 0 Å². The van der Waals surface area contributed by atoms with Crippen LogP contribution in [0.15, 0.2) is 72.9 Å². The third kappa shape index (κ3) is 42.0. The van der Waals surface area contributed by atoms with Crippen LogP contribution in [0, 0.1) is 0 Å². The lowest BCUT2D eigenvalue weighted by molar-refractivity contribution is -0.161. The number of aliphatic carboxylic acids is 1. The molecule has 0 radical (unpaired) electrons. The molecule has 13 heteroatoms. The predicted octanol–water partition coefficient (Wildman–Crippen LogP) is 11.5. The highest BCUT2D eigenvalue weighted by atomic mass is 31.2. The molecule has 0 aliphatic heterocycles. The van der Waals surface area contributed by atoms with Crippen LogP contribution in [0.25, 0.3) is 0 Å². The molecule has 1 unspecified atom stereocenters. The Labute approximate surface area is 368 Å². The molecule has 61 heavy (non-hydrogen) atoms. The molecule has 12 nitrogen and oxygen atoms in total. The maximum atomic E-state index is 12.6. The number of hydrogen-bond donors (Lipinski definition) is 4. The zero-order valence-electron chi connectivity index (χ0n) is 37.6. The van der Waals surface area contributed by atoms with Crippen LogP contribution < -0.4 is 5.73 Å². The number of carboxylic acid groups (broad SMARTS) is 1. The lowest BCUT2D eigenvalue weighted by Crippen LogP contribution is -2.34. The van der Waals surface area contributed by atoms with Crippen molar-refractivity contribution in [1.82, 2.24) is 0 Å². The molecule has 0 aliphatic carbocycles. The Bertz CT molecular complexity index is 1330. The van der Waals surface area contributed by atoms with Gasteiger partial charge < -0.3 is 30.3 Å². The number of nitrogens with two attached hydrogens (primary N) is 1. The van der Waals surface area contributed by atoms with E-state index in [0.29, 0.717) is 32.1 Å². The van der Waals surface area contributed by atoms with E-state index in [1.54, 1.807) is 6.08 Å². The molecule has 0 aromatic heterocycles. The second-order valence-electron chi connectivity index (χ2n) is 15.4. The first-order valence-corrected chi connectivity index (χ1v) is 24.6. The molecule has 0 bridgehead atoms. The monoisotopic (exact) mass is 880 g/mol. The van der Waals surface area contributed by atoms with Gasteiger partial charge in [-0.25, -0.2) is 4.57 Å². The molecular weight excluding hydrogens is 797 g/mol. The van der Waals surface area contributed by atoms with Crippen molar-refractivity contribution in [2.75, 3.05) is 19.8 Å². The summed E-state index contributed by atoms with van der Waals surface area (Å²) in [6, 6.07) is -1.54. The molecule has 0 saturated carbocycles. The molecule has 0 aromatic carbocycles. The van der Waals surface area contributed by atoms with Gasteiger partial charge >= 0.3 is 25.7 Å². The average molecular weight is 880 g/mol. The number of carbonyl (C=O) groups is 3. The Morgan fingerprint density at radius 1 is 0.590 bits per heavy atom. The summed E-state index contributed by atoms with van der Waals surface area (Å²) < 4.78 is 32.6. The van der Waals surface area contributed by atoms with Gasteiger partial charge in [-0.2, -0.15) is 0 Å². The van der Waals surface area contributed by atoms with Crippen LogP contribution in [-0.2, 0) is 37.5 Å². The zero-order valence-corrected chi connectivity index (χ0v) is 38.5. The third-order valence-electron chi connectivity index (χ3n) is 9.51. The summed E-state index contributed by atoms with van der Waals surface area (Å²) in [5, 5.41) is 19.0. The van der Waals surface area contributed by atoms with Crippen molar-refractivity contribution in [3.05, 3.63) is 72.9 Å². The summed E-state index contributed by atoms with van der Waals surface area (Å²) in [7, 11) is -4.75. The van der Waals surface area contributed by atoms with Crippen molar-refractivity contribution in [2.45, 2.75) is 193 Å². The van der Waals surface area contributed by atoms with E-state index in [0.717, 1.165) is 38.5 Å². The number of phosphoric acid groups is 1. The van der Waals surface area contributed by atoms with Crippen molar-refractivity contribution in [3.63, 3.8) is 0 Å². The minimum atomic E-state index is -4.75. The zero-order chi connectivity index (χ0) is 45.1. The Morgan fingerprint density at radius 2 is 1.08 bits per heavy atom. The van der Waals surface area contributed by atoms with Crippen LogP contribution in [0.1, 0.15) is 174 Å². The van der Waals surface area contributed by atoms with Crippen LogP contribution >= 0.6 is 7.82 Å². The number of unbranched alkanes of at least 4 members (excludes halogenated alkanes) is 16. The van der Waals surface area contributed by atoms with Crippen molar-refractivity contribution in [1.29, 1.82) is 0 Å². The van der Waals surface area contributed by atoms with Crippen LogP contribution in [0.2, 0.25) is 0 Å². The van der Waals surface area contributed by atoms with Gasteiger partial charge in [0, 0.05) is 12.8 Å². The molecule has 0 heterocycles. The topological polar surface area (TPSA) is 192 Å². The number of hydrogen-bond acceptors (Lipinski definition) is 10. The van der Waals surface area contributed by atoms with E-state index in [4.69, 9.17) is 24.8 Å². The number of carboxylic acids is 1. The molecule has 0 amide bonds. The first-order chi connectivity index (χ1) is 29.5. The summed E-state index contributed by atoms with van der Waals surface area (Å²) >= 11 is 0. The number of phosphoric ester groups is 1. The third-order valence-corrected chi connectivity index (χ3v) is 10.5. The molecule has 0 fully saturated rings. The van der Waals surface area contributed by atoms with E-state index < -0.39 is 63.8 Å². The smallest absolute Gasteiger partial charge is 0.472 e. The Morgan fingerprint density at radius 3 is 1.67 bits per heavy atom. The fraction of sp³-hybridized carbons (Fsp3) is 0.688. The van der Waals surface area contributed by atoms with Crippen LogP contribution in [0.3, 0.4) is 0 Å². The van der Waals surface area contributed by atoms with Crippen molar-refractivity contribution >= 4 is 25.7 Å². The largest absolute Gasteiger partial charge is 0.480 e. The minimum Gasteiger partial charge on any atom is -0.480 e. The summed E-state index contributed by atoms with van der Waals surface area (Å²) in [6.07, 6.45) is 47.0. The Balaban J connectivity index is 4.48. The van der Waals surface area contributed by atoms with Gasteiger partial charge in [0.05, 0.1) is 19.3 Å². The van der Waals surface area contributed by atoms with Gasteiger partial charge in [0.25, 0.3) is 0 Å². The van der Waals surface area contributed by atoms with Gasteiger partial charge in [0.15, 0.2) is 6.10 Å². The maximum absolute atomic E-state index is 12.6. The van der Waals surface area contributed by atoms with E-state index in [2.05, 4.69) is 48.8 Å². The molecule has 0 spiro atoms. The van der Waals surface area contributed by atoms with Gasteiger partial charge in [0.2, 0.25) is 0 Å². The molecular formula is C48H82NO11P. The van der Waals surface area contributed by atoms with Gasteiger partial charge in [-0.15, -0.1) is 0 Å². The van der Waals surface area contributed by atoms with Crippen LogP contribution in [-0.4, -0.2) is 71.1 Å². The lowest BCUT2D eigenvalue weighted by atomic mass is 10.1. The molecule has 4 atom stereocenters. The number of rotatable bonds is 42. The van der Waals surface area contributed by atoms with E-state index in [1.165, 1.54) is 77.0 Å². The molecule has 0 rings (SSSR count). The Kier molecular flexibility index (Phi) is 40.0. The Hall–Kier alpha value is -3.12. The van der Waals surface area contributed by atoms with Gasteiger partial charge in [-0.1, -0.05) is 157 Å². The predicted molar refractivity (Wildman–Crippen MR) is 246 cm³/mol. The summed E-state index contributed by atoms with van der Waals surface area (Å²) in [4.78, 5) is 46.0. The van der Waals surface area contributed by atoms with Gasteiger partial charge in [-0.05, 0) is 77.0 Å². The maximum Gasteiger partial charge on any atom is 0.472 e. The first-order valence-electron chi connectivity index (χ1n) is 23.1. The van der Waals surface area contributed by atoms with E-state index >= 15 is 0 Å². The summed E-state index contributed by atoms with van der Waals surface area (Å²) in [6.45, 7) is 2.60. The van der Waals surface area contributed by atoms with Gasteiger partial charge in [-0.3, -0.25) is 23.4 Å². The summed E-state index contributed by atoms with van der Waals surface area (Å²) in [5.74, 6) is -2.51.